The Hall–Kier alpha value is -1.60. The lowest BCUT2D eigenvalue weighted by Crippen LogP contribution is -1.89. The van der Waals surface area contributed by atoms with Crippen LogP contribution in [0.1, 0.15) is 40.7 Å². The lowest BCUT2D eigenvalue weighted by molar-refractivity contribution is 0.886. The standard InChI is InChI=1S/C21H19Br/c1-14-2-5-17-9-15(11-19(17)8-14)3-4-16-10-18-6-7-21(22)13-20(18)12-16/h2,5-10,13H,3-4,11-12H2,1H3. The van der Waals surface area contributed by atoms with Crippen LogP contribution in [0.15, 0.2) is 52.0 Å². The number of hydrogen-bond acceptors (Lipinski definition) is 0. The smallest absolute Gasteiger partial charge is 0.0178 e. The Morgan fingerprint density at radius 1 is 0.818 bits per heavy atom. The maximum atomic E-state index is 3.57. The van der Waals surface area contributed by atoms with E-state index in [4.69, 9.17) is 0 Å². The average Bonchev–Trinajstić information content (AvgIpc) is 3.07. The molecule has 22 heavy (non-hydrogen) atoms. The van der Waals surface area contributed by atoms with Crippen LogP contribution in [-0.4, -0.2) is 0 Å². The molecule has 0 spiro atoms. The SMILES string of the molecule is Cc1ccc2c(c1)CC(CCC1=Cc3ccc(Br)cc3C1)=C2. The third kappa shape index (κ3) is 2.70. The van der Waals surface area contributed by atoms with Crippen molar-refractivity contribution in [2.75, 3.05) is 0 Å². The van der Waals surface area contributed by atoms with Gasteiger partial charge >= 0.3 is 0 Å². The van der Waals surface area contributed by atoms with Crippen molar-refractivity contribution in [3.8, 4) is 0 Å². The molecule has 0 unspecified atom stereocenters. The minimum Gasteiger partial charge on any atom is -0.0649 e. The summed E-state index contributed by atoms with van der Waals surface area (Å²) in [4.78, 5) is 0. The van der Waals surface area contributed by atoms with Crippen LogP contribution in [0.3, 0.4) is 0 Å². The maximum absolute atomic E-state index is 3.57. The van der Waals surface area contributed by atoms with Gasteiger partial charge in [0.1, 0.15) is 0 Å². The normalized spacial score (nSPS) is 15.4. The zero-order chi connectivity index (χ0) is 15.1. The highest BCUT2D eigenvalue weighted by Gasteiger charge is 2.16. The number of fused-ring (bicyclic) bond motifs is 2. The predicted octanol–water partition coefficient (Wildman–Crippen LogP) is 6.12. The fourth-order valence-electron chi connectivity index (χ4n) is 3.57. The minimum atomic E-state index is 1.12. The van der Waals surface area contributed by atoms with Crippen LogP contribution in [0.5, 0.6) is 0 Å². The first-order valence-electron chi connectivity index (χ1n) is 7.94. The van der Waals surface area contributed by atoms with E-state index in [0.29, 0.717) is 0 Å². The summed E-state index contributed by atoms with van der Waals surface area (Å²) >= 11 is 3.57. The van der Waals surface area contributed by atoms with Crippen LogP contribution in [0, 0.1) is 6.92 Å². The molecule has 0 aliphatic heterocycles. The van der Waals surface area contributed by atoms with Gasteiger partial charge in [-0.3, -0.25) is 0 Å². The van der Waals surface area contributed by atoms with Gasteiger partial charge < -0.3 is 0 Å². The molecular weight excluding hydrogens is 332 g/mol. The first-order chi connectivity index (χ1) is 10.7. The molecule has 2 aromatic rings. The van der Waals surface area contributed by atoms with Gasteiger partial charge in [0.25, 0.3) is 0 Å². The summed E-state index contributed by atoms with van der Waals surface area (Å²) in [5.41, 5.74) is 10.3. The third-order valence-corrected chi connectivity index (χ3v) is 5.22. The van der Waals surface area contributed by atoms with E-state index in [1.165, 1.54) is 45.1 Å². The minimum absolute atomic E-state index is 1.12. The van der Waals surface area contributed by atoms with Crippen molar-refractivity contribution in [3.05, 3.63) is 79.8 Å². The van der Waals surface area contributed by atoms with E-state index in [1.807, 2.05) is 0 Å². The van der Waals surface area contributed by atoms with E-state index >= 15 is 0 Å². The van der Waals surface area contributed by atoms with E-state index in [9.17, 15) is 0 Å². The molecule has 0 nitrogen and oxygen atoms in total. The topological polar surface area (TPSA) is 0 Å². The highest BCUT2D eigenvalue weighted by atomic mass is 79.9. The summed E-state index contributed by atoms with van der Waals surface area (Å²) in [6.07, 6.45) is 9.42. The van der Waals surface area contributed by atoms with Crippen molar-refractivity contribution in [3.63, 3.8) is 0 Å². The van der Waals surface area contributed by atoms with Gasteiger partial charge in [0.05, 0.1) is 0 Å². The monoisotopic (exact) mass is 350 g/mol. The van der Waals surface area contributed by atoms with Gasteiger partial charge in [-0.1, -0.05) is 69.1 Å². The molecule has 0 aromatic heterocycles. The molecule has 0 radical (unpaired) electrons. The van der Waals surface area contributed by atoms with E-state index in [-0.39, 0.29) is 0 Å². The largest absolute Gasteiger partial charge is 0.0649 e. The number of hydrogen-bond donors (Lipinski definition) is 0. The van der Waals surface area contributed by atoms with Crippen molar-refractivity contribution < 1.29 is 0 Å². The number of rotatable bonds is 3. The highest BCUT2D eigenvalue weighted by Crippen LogP contribution is 2.33. The summed E-state index contributed by atoms with van der Waals surface area (Å²) < 4.78 is 1.19. The molecule has 2 aromatic carbocycles. The molecule has 4 rings (SSSR count). The molecule has 0 amide bonds. The predicted molar refractivity (Wildman–Crippen MR) is 97.9 cm³/mol. The van der Waals surface area contributed by atoms with Crippen LogP contribution >= 0.6 is 15.9 Å². The van der Waals surface area contributed by atoms with E-state index < -0.39 is 0 Å². The van der Waals surface area contributed by atoms with Crippen molar-refractivity contribution in [2.45, 2.75) is 32.6 Å². The molecule has 0 saturated carbocycles. The fraction of sp³-hybridized carbons (Fsp3) is 0.238. The second-order valence-corrected chi connectivity index (χ2v) is 7.42. The summed E-state index contributed by atoms with van der Waals surface area (Å²) in [5, 5.41) is 0. The third-order valence-electron chi connectivity index (χ3n) is 4.73. The maximum Gasteiger partial charge on any atom is 0.0178 e. The Kier molecular flexibility index (Phi) is 3.54. The van der Waals surface area contributed by atoms with Gasteiger partial charge in [-0.15, -0.1) is 0 Å². The Balaban J connectivity index is 1.42. The second-order valence-electron chi connectivity index (χ2n) is 6.50. The number of allylic oxidation sites excluding steroid dienone is 2. The molecule has 2 aliphatic rings. The van der Waals surface area contributed by atoms with Crippen LogP contribution in [0.25, 0.3) is 12.2 Å². The summed E-state index contributed by atoms with van der Waals surface area (Å²) in [7, 11) is 0. The molecule has 0 saturated heterocycles. The quantitative estimate of drug-likeness (QED) is 0.625. The van der Waals surface area contributed by atoms with Crippen molar-refractivity contribution >= 4 is 28.1 Å². The van der Waals surface area contributed by atoms with Gasteiger partial charge in [-0.25, -0.2) is 0 Å². The molecule has 1 heteroatoms. The van der Waals surface area contributed by atoms with Gasteiger partial charge in [0.15, 0.2) is 0 Å². The molecule has 0 fully saturated rings. The number of halogens is 1. The van der Waals surface area contributed by atoms with Crippen molar-refractivity contribution in [1.82, 2.24) is 0 Å². The Bertz CT molecular complexity index is 739. The first-order valence-corrected chi connectivity index (χ1v) is 8.73. The van der Waals surface area contributed by atoms with Crippen LogP contribution in [-0.2, 0) is 12.8 Å². The van der Waals surface area contributed by atoms with Crippen LogP contribution in [0.2, 0.25) is 0 Å². The lowest BCUT2D eigenvalue weighted by Gasteiger charge is -2.04. The molecular formula is C21H19Br. The average molecular weight is 351 g/mol. The molecule has 0 atom stereocenters. The zero-order valence-electron chi connectivity index (χ0n) is 12.8. The fourth-order valence-corrected chi connectivity index (χ4v) is 3.98. The van der Waals surface area contributed by atoms with Gasteiger partial charge in [0.2, 0.25) is 0 Å². The summed E-state index contributed by atoms with van der Waals surface area (Å²) in [5.74, 6) is 0. The van der Waals surface area contributed by atoms with Crippen molar-refractivity contribution in [2.24, 2.45) is 0 Å². The van der Waals surface area contributed by atoms with E-state index in [1.54, 1.807) is 11.1 Å². The molecule has 0 bridgehead atoms. The zero-order valence-corrected chi connectivity index (χ0v) is 14.4. The van der Waals surface area contributed by atoms with Crippen LogP contribution < -0.4 is 0 Å². The molecule has 110 valence electrons. The van der Waals surface area contributed by atoms with Crippen LogP contribution in [0.4, 0.5) is 0 Å². The summed E-state index contributed by atoms with van der Waals surface area (Å²) in [6, 6.07) is 13.4. The highest BCUT2D eigenvalue weighted by molar-refractivity contribution is 9.10. The summed E-state index contributed by atoms with van der Waals surface area (Å²) in [6.45, 7) is 2.18. The lowest BCUT2D eigenvalue weighted by atomic mass is 10.0. The first kappa shape index (κ1) is 14.0. The van der Waals surface area contributed by atoms with Crippen molar-refractivity contribution in [1.29, 1.82) is 0 Å². The van der Waals surface area contributed by atoms with E-state index in [0.717, 1.165) is 12.8 Å². The Morgan fingerprint density at radius 2 is 1.41 bits per heavy atom. The number of aryl methyl sites for hydroxylation is 1. The molecule has 0 N–H and O–H groups in total. The van der Waals surface area contributed by atoms with Gasteiger partial charge in [-0.05, 0) is 67.0 Å². The Morgan fingerprint density at radius 3 is 2.09 bits per heavy atom. The molecule has 2 aliphatic carbocycles. The Labute approximate surface area is 140 Å². The van der Waals surface area contributed by atoms with Gasteiger partial charge in [-0.2, -0.15) is 0 Å². The second kappa shape index (κ2) is 5.55. The molecule has 0 heterocycles. The van der Waals surface area contributed by atoms with E-state index in [2.05, 4.69) is 71.4 Å². The number of benzene rings is 2. The van der Waals surface area contributed by atoms with Gasteiger partial charge in [0, 0.05) is 4.47 Å².